The highest BCUT2D eigenvalue weighted by molar-refractivity contribution is 7.18. The maximum atomic E-state index is 13.3. The first-order valence-corrected chi connectivity index (χ1v) is 9.86. The second-order valence-electron chi connectivity index (χ2n) is 6.52. The van der Waals surface area contributed by atoms with Crippen molar-refractivity contribution in [3.63, 3.8) is 0 Å². The van der Waals surface area contributed by atoms with Crippen LogP contribution in [0.25, 0.3) is 10.2 Å². The number of nitrogens with one attached hydrogen (secondary N) is 1. The van der Waals surface area contributed by atoms with E-state index in [0.29, 0.717) is 5.82 Å². The quantitative estimate of drug-likeness (QED) is 0.506. The lowest BCUT2D eigenvalue weighted by molar-refractivity contribution is -0.126. The highest BCUT2D eigenvalue weighted by Crippen LogP contribution is 2.23. The number of aryl methyl sites for hydroxylation is 1. The van der Waals surface area contributed by atoms with Gasteiger partial charge in [-0.15, -0.1) is 11.3 Å². The van der Waals surface area contributed by atoms with E-state index in [-0.39, 0.29) is 24.9 Å². The van der Waals surface area contributed by atoms with Gasteiger partial charge in [-0.2, -0.15) is 0 Å². The average Bonchev–Trinajstić information content (AvgIpc) is 3.32. The lowest BCUT2D eigenvalue weighted by atomic mass is 10.1. The third kappa shape index (κ3) is 4.49. The molecule has 0 radical (unpaired) electrons. The van der Waals surface area contributed by atoms with Crippen LogP contribution in [0.1, 0.15) is 22.4 Å². The highest BCUT2D eigenvalue weighted by atomic mass is 32.1. The minimum absolute atomic E-state index is 0.113. The predicted molar refractivity (Wildman–Crippen MR) is 109 cm³/mol. The summed E-state index contributed by atoms with van der Waals surface area (Å²) in [5, 5.41) is 3.74. The second-order valence-corrected chi connectivity index (χ2v) is 7.63. The van der Waals surface area contributed by atoms with Crippen molar-refractivity contribution in [1.29, 1.82) is 0 Å². The Labute approximate surface area is 171 Å². The standard InChI is InChI=1S/C21H19FN4O2S/c1-26-11-10-23-21(26)20(14-6-8-15(22)9-7-14)25-18(27)12-28-13-19-24-16-4-2-3-5-17(16)29-19/h2-11,20H,12-13H2,1H3,(H,25,27)/t20-/m0/s1. The zero-order valence-corrected chi connectivity index (χ0v) is 16.5. The Hall–Kier alpha value is -3.10. The molecule has 4 aromatic rings. The molecule has 0 saturated heterocycles. The number of nitrogens with zero attached hydrogens (tertiary/aromatic N) is 3. The molecule has 2 aromatic heterocycles. The van der Waals surface area contributed by atoms with Gasteiger partial charge in [0.25, 0.3) is 0 Å². The molecule has 0 aliphatic carbocycles. The number of carbonyl (C=O) groups excluding carboxylic acids is 1. The lowest BCUT2D eigenvalue weighted by Gasteiger charge is -2.19. The Morgan fingerprint density at radius 1 is 1.24 bits per heavy atom. The van der Waals surface area contributed by atoms with E-state index in [1.165, 1.54) is 12.1 Å². The number of halogens is 1. The van der Waals surface area contributed by atoms with E-state index in [9.17, 15) is 9.18 Å². The molecule has 6 nitrogen and oxygen atoms in total. The highest BCUT2D eigenvalue weighted by Gasteiger charge is 2.21. The number of ether oxygens (including phenoxy) is 1. The van der Waals surface area contributed by atoms with Gasteiger partial charge in [-0.05, 0) is 29.8 Å². The second kappa shape index (κ2) is 8.50. The number of carbonyl (C=O) groups is 1. The molecule has 148 valence electrons. The van der Waals surface area contributed by atoms with Crippen LogP contribution in [0, 0.1) is 5.82 Å². The monoisotopic (exact) mass is 410 g/mol. The Kier molecular flexibility index (Phi) is 5.64. The zero-order chi connectivity index (χ0) is 20.2. The van der Waals surface area contributed by atoms with Gasteiger partial charge in [-0.1, -0.05) is 24.3 Å². The molecule has 0 saturated carbocycles. The minimum atomic E-state index is -0.505. The van der Waals surface area contributed by atoms with E-state index in [4.69, 9.17) is 4.74 Å². The summed E-state index contributed by atoms with van der Waals surface area (Å²) in [5.41, 5.74) is 1.66. The van der Waals surface area contributed by atoms with Crippen molar-refractivity contribution < 1.29 is 13.9 Å². The number of hydrogen-bond donors (Lipinski definition) is 1. The summed E-state index contributed by atoms with van der Waals surface area (Å²) in [5.74, 6) is 0.0254. The minimum Gasteiger partial charge on any atom is -0.364 e. The van der Waals surface area contributed by atoms with E-state index in [2.05, 4.69) is 15.3 Å². The fourth-order valence-corrected chi connectivity index (χ4v) is 3.93. The molecule has 4 rings (SSSR count). The molecular formula is C21H19FN4O2S. The van der Waals surface area contributed by atoms with E-state index >= 15 is 0 Å². The van der Waals surface area contributed by atoms with E-state index in [1.807, 2.05) is 35.9 Å². The fourth-order valence-electron chi connectivity index (χ4n) is 3.02. The molecule has 0 bridgehead atoms. The van der Waals surface area contributed by atoms with Gasteiger partial charge in [0.05, 0.1) is 16.8 Å². The summed E-state index contributed by atoms with van der Waals surface area (Å²) >= 11 is 1.54. The van der Waals surface area contributed by atoms with Crippen molar-refractivity contribution in [1.82, 2.24) is 19.9 Å². The summed E-state index contributed by atoms with van der Waals surface area (Å²) in [6, 6.07) is 13.3. The van der Waals surface area contributed by atoms with Crippen LogP contribution in [-0.2, 0) is 23.2 Å². The van der Waals surface area contributed by atoms with E-state index in [1.54, 1.807) is 35.9 Å². The van der Waals surface area contributed by atoms with E-state index < -0.39 is 6.04 Å². The van der Waals surface area contributed by atoms with Crippen molar-refractivity contribution in [2.75, 3.05) is 6.61 Å². The SMILES string of the molecule is Cn1ccnc1[C@@H](NC(=O)COCc1nc2ccccc2s1)c1ccc(F)cc1. The number of thiazole rings is 1. The molecule has 2 aromatic carbocycles. The molecule has 1 atom stereocenters. The number of para-hydroxylation sites is 1. The summed E-state index contributed by atoms with van der Waals surface area (Å²) in [6.07, 6.45) is 3.45. The largest absolute Gasteiger partial charge is 0.364 e. The molecule has 0 aliphatic rings. The number of rotatable bonds is 7. The molecule has 0 spiro atoms. The first-order chi connectivity index (χ1) is 14.1. The molecule has 0 fully saturated rings. The van der Waals surface area contributed by atoms with Crippen molar-refractivity contribution >= 4 is 27.5 Å². The topological polar surface area (TPSA) is 69.0 Å². The third-order valence-electron chi connectivity index (χ3n) is 4.42. The molecule has 8 heteroatoms. The van der Waals surface area contributed by atoms with Gasteiger partial charge in [0.1, 0.15) is 29.3 Å². The van der Waals surface area contributed by atoms with Gasteiger partial charge in [0.2, 0.25) is 5.91 Å². The van der Waals surface area contributed by atoms with Gasteiger partial charge < -0.3 is 14.6 Å². The molecule has 2 heterocycles. The third-order valence-corrected chi connectivity index (χ3v) is 5.43. The normalized spacial score (nSPS) is 12.2. The van der Waals surface area contributed by atoms with Crippen molar-refractivity contribution in [3.05, 3.63) is 83.1 Å². The molecular weight excluding hydrogens is 391 g/mol. The van der Waals surface area contributed by atoms with Crippen LogP contribution >= 0.6 is 11.3 Å². The molecule has 29 heavy (non-hydrogen) atoms. The molecule has 0 unspecified atom stereocenters. The van der Waals surface area contributed by atoms with Crippen LogP contribution in [0.3, 0.4) is 0 Å². The maximum absolute atomic E-state index is 13.3. The number of benzene rings is 2. The molecule has 0 aliphatic heterocycles. The average molecular weight is 410 g/mol. The van der Waals surface area contributed by atoms with Crippen molar-refractivity contribution in [3.8, 4) is 0 Å². The van der Waals surface area contributed by atoms with Gasteiger partial charge in [-0.25, -0.2) is 14.4 Å². The van der Waals surface area contributed by atoms with Crippen LogP contribution in [-0.4, -0.2) is 27.0 Å². The smallest absolute Gasteiger partial charge is 0.246 e. The van der Waals surface area contributed by atoms with Gasteiger partial charge in [0.15, 0.2) is 0 Å². The number of aromatic nitrogens is 3. The number of fused-ring (bicyclic) bond motifs is 1. The van der Waals surface area contributed by atoms with Crippen LogP contribution in [0.15, 0.2) is 60.9 Å². The van der Waals surface area contributed by atoms with Crippen LogP contribution < -0.4 is 5.32 Å². The van der Waals surface area contributed by atoms with Crippen LogP contribution in [0.2, 0.25) is 0 Å². The van der Waals surface area contributed by atoms with Crippen molar-refractivity contribution in [2.45, 2.75) is 12.6 Å². The summed E-state index contributed by atoms with van der Waals surface area (Å²) in [4.78, 5) is 21.3. The number of hydrogen-bond acceptors (Lipinski definition) is 5. The zero-order valence-electron chi connectivity index (χ0n) is 15.7. The van der Waals surface area contributed by atoms with E-state index in [0.717, 1.165) is 20.8 Å². The maximum Gasteiger partial charge on any atom is 0.246 e. The summed E-state index contributed by atoms with van der Waals surface area (Å²) < 4.78 is 21.8. The van der Waals surface area contributed by atoms with Crippen LogP contribution in [0.4, 0.5) is 4.39 Å². The molecule has 1 amide bonds. The number of amides is 1. The van der Waals surface area contributed by atoms with Crippen molar-refractivity contribution in [2.24, 2.45) is 7.05 Å². The first kappa shape index (κ1) is 19.2. The fraction of sp³-hybridized carbons (Fsp3) is 0.190. The summed E-state index contributed by atoms with van der Waals surface area (Å²) in [7, 11) is 1.84. The number of imidazole rings is 1. The van der Waals surface area contributed by atoms with Gasteiger partial charge in [-0.3, -0.25) is 4.79 Å². The Bertz CT molecular complexity index is 1090. The van der Waals surface area contributed by atoms with Gasteiger partial charge in [0, 0.05) is 19.4 Å². The van der Waals surface area contributed by atoms with Gasteiger partial charge >= 0.3 is 0 Å². The Morgan fingerprint density at radius 3 is 2.76 bits per heavy atom. The Morgan fingerprint density at radius 2 is 2.03 bits per heavy atom. The van der Waals surface area contributed by atoms with Crippen LogP contribution in [0.5, 0.6) is 0 Å². The lowest BCUT2D eigenvalue weighted by Crippen LogP contribution is -2.33. The first-order valence-electron chi connectivity index (χ1n) is 9.04. The summed E-state index contributed by atoms with van der Waals surface area (Å²) in [6.45, 7) is 0.147. The molecule has 1 N–H and O–H groups in total. The Balaban J connectivity index is 1.41. The predicted octanol–water partition coefficient (Wildman–Crippen LogP) is 3.59.